The van der Waals surface area contributed by atoms with Gasteiger partial charge >= 0.3 is 0 Å². The van der Waals surface area contributed by atoms with Gasteiger partial charge in [-0.25, -0.2) is 0 Å². The molecule has 0 unspecified atom stereocenters. The van der Waals surface area contributed by atoms with Crippen LogP contribution < -0.4 is 14.2 Å². The van der Waals surface area contributed by atoms with Crippen molar-refractivity contribution < 1.29 is 59.4 Å². The SMILES string of the molecule is COc1cc(C=CCO)cc(O[C@H](CO)[C@H](O[C@@H]2O[C@H](CO)[C@@H](O)[C@H](O)[C@H]2O)c2ccc(O)c(OC)c2)c1. The van der Waals surface area contributed by atoms with Crippen LogP contribution in [-0.4, -0.2) is 107 Å². The molecule has 1 aliphatic heterocycles. The lowest BCUT2D eigenvalue weighted by Gasteiger charge is -2.41. The highest BCUT2D eigenvalue weighted by atomic mass is 16.7. The van der Waals surface area contributed by atoms with E-state index in [0.29, 0.717) is 16.9 Å². The third-order valence-electron chi connectivity index (χ3n) is 6.02. The fourth-order valence-corrected chi connectivity index (χ4v) is 4.01. The molecule has 1 aliphatic rings. The second-order valence-corrected chi connectivity index (χ2v) is 8.55. The molecule has 12 nitrogen and oxygen atoms in total. The predicted octanol–water partition coefficient (Wildman–Crippen LogP) is -0.288. The van der Waals surface area contributed by atoms with Crippen LogP contribution in [0.25, 0.3) is 6.08 Å². The molecule has 3 rings (SSSR count). The molecule has 1 saturated heterocycles. The number of hydrogen-bond acceptors (Lipinski definition) is 12. The van der Waals surface area contributed by atoms with Crippen molar-refractivity contribution in [3.8, 4) is 23.0 Å². The summed E-state index contributed by atoms with van der Waals surface area (Å²) in [4.78, 5) is 0. The van der Waals surface area contributed by atoms with Gasteiger partial charge in [-0.15, -0.1) is 0 Å². The van der Waals surface area contributed by atoms with Crippen LogP contribution in [-0.2, 0) is 9.47 Å². The van der Waals surface area contributed by atoms with Crippen molar-refractivity contribution in [1.29, 1.82) is 0 Å². The normalized spacial score (nSPS) is 25.2. The lowest BCUT2D eigenvalue weighted by molar-refractivity contribution is -0.318. The predicted molar refractivity (Wildman–Crippen MR) is 133 cm³/mol. The molecule has 2 aromatic rings. The molecule has 12 heteroatoms. The summed E-state index contributed by atoms with van der Waals surface area (Å²) in [6, 6.07) is 9.19. The molecule has 0 saturated carbocycles. The number of aliphatic hydroxyl groups excluding tert-OH is 6. The average Bonchev–Trinajstić information content (AvgIpc) is 2.93. The van der Waals surface area contributed by atoms with Crippen molar-refractivity contribution in [1.82, 2.24) is 0 Å². The van der Waals surface area contributed by atoms with E-state index in [-0.39, 0.29) is 23.9 Å². The maximum atomic E-state index is 10.5. The lowest BCUT2D eigenvalue weighted by atomic mass is 9.98. The van der Waals surface area contributed by atoms with Gasteiger partial charge in [-0.1, -0.05) is 18.2 Å². The summed E-state index contributed by atoms with van der Waals surface area (Å²) < 4.78 is 28.1. The number of rotatable bonds is 12. The minimum Gasteiger partial charge on any atom is -0.504 e. The Hall–Kier alpha value is -2.94. The third-order valence-corrected chi connectivity index (χ3v) is 6.02. The molecule has 0 amide bonds. The van der Waals surface area contributed by atoms with Crippen LogP contribution in [0, 0.1) is 0 Å². The molecule has 7 N–H and O–H groups in total. The summed E-state index contributed by atoms with van der Waals surface area (Å²) in [5.74, 6) is 0.653. The van der Waals surface area contributed by atoms with Crippen molar-refractivity contribution in [2.24, 2.45) is 0 Å². The molecule has 2 aromatic carbocycles. The van der Waals surface area contributed by atoms with E-state index in [1.807, 2.05) is 0 Å². The minimum absolute atomic E-state index is 0.0967. The molecular weight excluding hydrogens is 504 g/mol. The fourth-order valence-electron chi connectivity index (χ4n) is 4.01. The zero-order chi connectivity index (χ0) is 27.8. The van der Waals surface area contributed by atoms with E-state index in [2.05, 4.69) is 0 Å². The Morgan fingerprint density at radius 2 is 1.66 bits per heavy atom. The second kappa shape index (κ2) is 13.7. The Morgan fingerprint density at radius 3 is 2.29 bits per heavy atom. The van der Waals surface area contributed by atoms with Gasteiger partial charge in [0, 0.05) is 6.07 Å². The van der Waals surface area contributed by atoms with Gasteiger partial charge in [0.1, 0.15) is 42.0 Å². The second-order valence-electron chi connectivity index (χ2n) is 8.55. The number of hydrogen-bond donors (Lipinski definition) is 7. The zero-order valence-electron chi connectivity index (χ0n) is 21.0. The Morgan fingerprint density at radius 1 is 0.921 bits per heavy atom. The monoisotopic (exact) mass is 538 g/mol. The first-order chi connectivity index (χ1) is 18.3. The summed E-state index contributed by atoms with van der Waals surface area (Å²) in [6.07, 6.45) is -6.89. The summed E-state index contributed by atoms with van der Waals surface area (Å²) in [5, 5.41) is 69.9. The third kappa shape index (κ3) is 6.92. The molecule has 0 radical (unpaired) electrons. The summed E-state index contributed by atoms with van der Waals surface area (Å²) in [6.45, 7) is -1.43. The van der Waals surface area contributed by atoms with Crippen molar-refractivity contribution in [3.63, 3.8) is 0 Å². The van der Waals surface area contributed by atoms with Gasteiger partial charge in [-0.3, -0.25) is 0 Å². The highest BCUT2D eigenvalue weighted by molar-refractivity contribution is 5.55. The fraction of sp³-hybridized carbons (Fsp3) is 0.462. The maximum Gasteiger partial charge on any atom is 0.187 e. The van der Waals surface area contributed by atoms with Crippen molar-refractivity contribution in [3.05, 3.63) is 53.6 Å². The van der Waals surface area contributed by atoms with E-state index in [1.165, 1.54) is 38.5 Å². The minimum atomic E-state index is -1.71. The van der Waals surface area contributed by atoms with Gasteiger partial charge < -0.3 is 59.4 Å². The number of benzene rings is 2. The molecular formula is C26H34O12. The largest absolute Gasteiger partial charge is 0.504 e. The van der Waals surface area contributed by atoms with Crippen LogP contribution in [0.5, 0.6) is 23.0 Å². The number of aliphatic hydroxyl groups is 6. The first-order valence-corrected chi connectivity index (χ1v) is 11.8. The maximum absolute atomic E-state index is 10.5. The van der Waals surface area contributed by atoms with E-state index < -0.39 is 56.1 Å². The Balaban J connectivity index is 2.00. The van der Waals surface area contributed by atoms with Gasteiger partial charge in [0.2, 0.25) is 0 Å². The van der Waals surface area contributed by atoms with E-state index in [9.17, 15) is 30.6 Å². The Kier molecular flexibility index (Phi) is 10.7. The summed E-state index contributed by atoms with van der Waals surface area (Å²) in [7, 11) is 2.82. The van der Waals surface area contributed by atoms with E-state index in [0.717, 1.165) is 0 Å². The van der Waals surface area contributed by atoms with Gasteiger partial charge in [-0.2, -0.15) is 0 Å². The smallest absolute Gasteiger partial charge is 0.187 e. The summed E-state index contributed by atoms with van der Waals surface area (Å²) >= 11 is 0. The molecule has 38 heavy (non-hydrogen) atoms. The van der Waals surface area contributed by atoms with E-state index in [1.54, 1.807) is 24.3 Å². The molecule has 1 fully saturated rings. The first kappa shape index (κ1) is 29.6. The van der Waals surface area contributed by atoms with Crippen LogP contribution in [0.3, 0.4) is 0 Å². The molecule has 0 aromatic heterocycles. The summed E-state index contributed by atoms with van der Waals surface area (Å²) in [5.41, 5.74) is 0.988. The lowest BCUT2D eigenvalue weighted by Crippen LogP contribution is -2.59. The van der Waals surface area contributed by atoms with E-state index in [4.69, 9.17) is 28.8 Å². The Bertz CT molecular complexity index is 1060. The molecule has 1 heterocycles. The van der Waals surface area contributed by atoms with Crippen LogP contribution >= 0.6 is 0 Å². The molecule has 210 valence electrons. The van der Waals surface area contributed by atoms with Gasteiger partial charge in [0.05, 0.1) is 34.0 Å². The molecule has 0 bridgehead atoms. The molecule has 7 atom stereocenters. The number of aromatic hydroxyl groups is 1. The van der Waals surface area contributed by atoms with Crippen molar-refractivity contribution in [2.45, 2.75) is 42.9 Å². The first-order valence-electron chi connectivity index (χ1n) is 11.8. The van der Waals surface area contributed by atoms with Gasteiger partial charge in [0.25, 0.3) is 0 Å². The van der Waals surface area contributed by atoms with Crippen molar-refractivity contribution >= 4 is 6.08 Å². The number of phenolic OH excluding ortho intramolecular Hbond substituents is 1. The highest BCUT2D eigenvalue weighted by Gasteiger charge is 2.46. The standard InChI is InChI=1S/C26H34O12/c1-34-16-8-14(4-3-7-27)9-17(11-16)36-21(13-29)25(15-5-6-18(30)19(10-15)35-2)38-26-24(33)23(32)22(31)20(12-28)37-26/h3-6,8-11,20-33H,7,12-13H2,1-2H3/t20-,21-,22-,23+,24-,25-,26+/m1/s1. The quantitative estimate of drug-likeness (QED) is 0.187. The van der Waals surface area contributed by atoms with Crippen LogP contribution in [0.1, 0.15) is 17.2 Å². The Labute approximate surface area is 219 Å². The topological polar surface area (TPSA) is 188 Å². The molecule has 0 spiro atoms. The number of methoxy groups -OCH3 is 2. The van der Waals surface area contributed by atoms with E-state index >= 15 is 0 Å². The van der Waals surface area contributed by atoms with Gasteiger partial charge in [0.15, 0.2) is 23.9 Å². The molecule has 0 aliphatic carbocycles. The average molecular weight is 539 g/mol. The number of phenols is 1. The highest BCUT2D eigenvalue weighted by Crippen LogP contribution is 2.36. The van der Waals surface area contributed by atoms with Crippen molar-refractivity contribution in [2.75, 3.05) is 34.0 Å². The number of ether oxygens (including phenoxy) is 5. The zero-order valence-corrected chi connectivity index (χ0v) is 21.0. The van der Waals surface area contributed by atoms with Crippen LogP contribution in [0.4, 0.5) is 0 Å². The van der Waals surface area contributed by atoms with Crippen LogP contribution in [0.2, 0.25) is 0 Å². The van der Waals surface area contributed by atoms with Crippen LogP contribution in [0.15, 0.2) is 42.5 Å². The van der Waals surface area contributed by atoms with Gasteiger partial charge in [-0.05, 0) is 35.4 Å².